The molecule has 0 unspecified atom stereocenters. The number of thiazole rings is 1. The van der Waals surface area contributed by atoms with Crippen LogP contribution in [0, 0.1) is 0 Å². The number of rotatable bonds is 2. The Hall–Kier alpha value is -2.25. The van der Waals surface area contributed by atoms with Crippen molar-refractivity contribution in [2.24, 2.45) is 0 Å². The van der Waals surface area contributed by atoms with E-state index in [-0.39, 0.29) is 5.91 Å². The van der Waals surface area contributed by atoms with Crippen molar-refractivity contribution in [3.63, 3.8) is 0 Å². The molecule has 126 valence electrons. The number of benzene rings is 1. The van der Waals surface area contributed by atoms with Gasteiger partial charge in [-0.05, 0) is 24.6 Å². The van der Waals surface area contributed by atoms with E-state index in [1.807, 2.05) is 34.9 Å². The minimum Gasteiger partial charge on any atom is -0.306 e. The van der Waals surface area contributed by atoms with Gasteiger partial charge in [0, 0.05) is 29.1 Å². The van der Waals surface area contributed by atoms with Gasteiger partial charge in [0.05, 0.1) is 11.9 Å². The van der Waals surface area contributed by atoms with Crippen molar-refractivity contribution in [1.29, 1.82) is 0 Å². The van der Waals surface area contributed by atoms with Gasteiger partial charge < -0.3 is 4.90 Å². The smallest absolute Gasteiger partial charge is 0.270 e. The molecule has 3 heterocycles. The average Bonchev–Trinajstić information content (AvgIpc) is 3.07. The number of amides is 1. The van der Waals surface area contributed by atoms with Gasteiger partial charge in [-0.15, -0.1) is 23.1 Å². The summed E-state index contributed by atoms with van der Waals surface area (Å²) in [4.78, 5) is 29.5. The molecule has 0 fully saturated rings. The van der Waals surface area contributed by atoms with Crippen LogP contribution in [-0.4, -0.2) is 32.7 Å². The minimum absolute atomic E-state index is 0.0122. The number of thioether (sulfide) groups is 1. The highest BCUT2D eigenvalue weighted by molar-refractivity contribution is 8.00. The molecule has 4 rings (SSSR count). The predicted molar refractivity (Wildman–Crippen MR) is 101 cm³/mol. The third kappa shape index (κ3) is 3.29. The van der Waals surface area contributed by atoms with Crippen LogP contribution >= 0.6 is 23.1 Å². The SMILES string of the molecule is C[C@H]1CCN(C(=O)c2cnc(-c3ncccn3)s2)c2ccccc2S1. The number of para-hydroxylation sites is 1. The van der Waals surface area contributed by atoms with Crippen molar-refractivity contribution in [2.75, 3.05) is 11.4 Å². The number of aromatic nitrogens is 3. The molecule has 0 radical (unpaired) electrons. The minimum atomic E-state index is -0.0122. The molecule has 1 aliphatic rings. The Bertz CT molecular complexity index is 897. The molecule has 1 aliphatic heterocycles. The topological polar surface area (TPSA) is 59.0 Å². The van der Waals surface area contributed by atoms with Gasteiger partial charge >= 0.3 is 0 Å². The molecule has 5 nitrogen and oxygen atoms in total. The number of anilines is 1. The van der Waals surface area contributed by atoms with Crippen LogP contribution in [0.1, 0.15) is 23.0 Å². The lowest BCUT2D eigenvalue weighted by atomic mass is 10.2. The number of carbonyl (C=O) groups is 1. The van der Waals surface area contributed by atoms with E-state index in [1.165, 1.54) is 11.3 Å². The Morgan fingerprint density at radius 1 is 1.16 bits per heavy atom. The molecule has 25 heavy (non-hydrogen) atoms. The Labute approximate surface area is 154 Å². The van der Waals surface area contributed by atoms with Crippen LogP contribution in [0.25, 0.3) is 10.8 Å². The number of hydrogen-bond acceptors (Lipinski definition) is 6. The Morgan fingerprint density at radius 2 is 1.96 bits per heavy atom. The lowest BCUT2D eigenvalue weighted by Crippen LogP contribution is -2.31. The lowest BCUT2D eigenvalue weighted by molar-refractivity contribution is 0.0990. The quantitative estimate of drug-likeness (QED) is 0.681. The summed E-state index contributed by atoms with van der Waals surface area (Å²) in [6.07, 6.45) is 5.94. The van der Waals surface area contributed by atoms with Crippen molar-refractivity contribution in [3.05, 3.63) is 53.8 Å². The summed E-state index contributed by atoms with van der Waals surface area (Å²) >= 11 is 3.16. The number of hydrogen-bond donors (Lipinski definition) is 0. The van der Waals surface area contributed by atoms with Gasteiger partial charge in [-0.1, -0.05) is 19.1 Å². The van der Waals surface area contributed by atoms with E-state index in [0.29, 0.717) is 27.5 Å². The summed E-state index contributed by atoms with van der Waals surface area (Å²) in [7, 11) is 0. The fourth-order valence-electron chi connectivity index (χ4n) is 2.72. The maximum atomic E-state index is 13.1. The molecule has 3 aromatic rings. The molecule has 1 atom stereocenters. The van der Waals surface area contributed by atoms with E-state index in [4.69, 9.17) is 0 Å². The maximum Gasteiger partial charge on any atom is 0.270 e. The zero-order valence-electron chi connectivity index (χ0n) is 13.6. The van der Waals surface area contributed by atoms with E-state index < -0.39 is 0 Å². The van der Waals surface area contributed by atoms with Crippen LogP contribution < -0.4 is 4.90 Å². The predicted octanol–water partition coefficient (Wildman–Crippen LogP) is 4.13. The highest BCUT2D eigenvalue weighted by Gasteiger charge is 2.26. The number of nitrogens with zero attached hydrogens (tertiary/aromatic N) is 4. The molecule has 0 saturated carbocycles. The van der Waals surface area contributed by atoms with Crippen LogP contribution in [0.4, 0.5) is 5.69 Å². The zero-order valence-corrected chi connectivity index (χ0v) is 15.3. The van der Waals surface area contributed by atoms with Gasteiger partial charge in [0.15, 0.2) is 10.8 Å². The van der Waals surface area contributed by atoms with Gasteiger partial charge in [0.25, 0.3) is 5.91 Å². The average molecular weight is 368 g/mol. The first kappa shape index (κ1) is 16.2. The second-order valence-electron chi connectivity index (χ2n) is 5.74. The van der Waals surface area contributed by atoms with Crippen LogP contribution in [0.15, 0.2) is 53.8 Å². The van der Waals surface area contributed by atoms with Gasteiger partial charge in [-0.25, -0.2) is 15.0 Å². The standard InChI is InChI=1S/C18H16N4OS2/c1-12-7-10-22(13-5-2-3-6-14(13)24-12)18(23)15-11-21-17(25-15)16-19-8-4-9-20-16/h2-6,8-9,11-12H,7,10H2,1H3/t12-/m0/s1. The van der Waals surface area contributed by atoms with Crippen molar-refractivity contribution < 1.29 is 4.79 Å². The largest absolute Gasteiger partial charge is 0.306 e. The van der Waals surface area contributed by atoms with Gasteiger partial charge in [0.2, 0.25) is 0 Å². The molecule has 0 saturated heterocycles. The lowest BCUT2D eigenvalue weighted by Gasteiger charge is -2.21. The second kappa shape index (κ2) is 6.93. The molecule has 7 heteroatoms. The fraction of sp³-hybridized carbons (Fsp3) is 0.222. The Kier molecular flexibility index (Phi) is 4.50. The molecular formula is C18H16N4OS2. The third-order valence-corrected chi connectivity index (χ3v) is 6.18. The molecule has 1 aromatic carbocycles. The van der Waals surface area contributed by atoms with E-state index in [1.54, 1.807) is 24.7 Å². The summed E-state index contributed by atoms with van der Waals surface area (Å²) in [5.41, 5.74) is 0.979. The molecule has 0 bridgehead atoms. The van der Waals surface area contributed by atoms with E-state index in [2.05, 4.69) is 27.9 Å². The van der Waals surface area contributed by atoms with E-state index >= 15 is 0 Å². The molecule has 2 aromatic heterocycles. The highest BCUT2D eigenvalue weighted by atomic mass is 32.2. The summed E-state index contributed by atoms with van der Waals surface area (Å²) in [5, 5.41) is 1.14. The zero-order chi connectivity index (χ0) is 17.2. The summed E-state index contributed by atoms with van der Waals surface area (Å²) < 4.78 is 0. The maximum absolute atomic E-state index is 13.1. The number of fused-ring (bicyclic) bond motifs is 1. The first-order valence-corrected chi connectivity index (χ1v) is 9.73. The second-order valence-corrected chi connectivity index (χ2v) is 8.25. The van der Waals surface area contributed by atoms with Crippen LogP contribution in [0.2, 0.25) is 0 Å². The van der Waals surface area contributed by atoms with E-state index in [9.17, 15) is 4.79 Å². The molecule has 0 spiro atoms. The normalized spacial score (nSPS) is 17.0. The Morgan fingerprint density at radius 3 is 2.80 bits per heavy atom. The van der Waals surface area contributed by atoms with Gasteiger partial charge in [0.1, 0.15) is 4.88 Å². The molecular weight excluding hydrogens is 352 g/mol. The Balaban J connectivity index is 1.66. The summed E-state index contributed by atoms with van der Waals surface area (Å²) in [6.45, 7) is 2.91. The number of carbonyl (C=O) groups excluding carboxylic acids is 1. The summed E-state index contributed by atoms with van der Waals surface area (Å²) in [6, 6.07) is 9.85. The first-order chi connectivity index (χ1) is 12.2. The van der Waals surface area contributed by atoms with Crippen LogP contribution in [-0.2, 0) is 0 Å². The monoisotopic (exact) mass is 368 g/mol. The van der Waals surface area contributed by atoms with Gasteiger partial charge in [-0.2, -0.15) is 0 Å². The van der Waals surface area contributed by atoms with Crippen molar-refractivity contribution in [3.8, 4) is 10.8 Å². The molecule has 1 amide bonds. The fourth-order valence-corrected chi connectivity index (χ4v) is 4.64. The third-order valence-electron chi connectivity index (χ3n) is 3.96. The van der Waals surface area contributed by atoms with Crippen LogP contribution in [0.5, 0.6) is 0 Å². The highest BCUT2D eigenvalue weighted by Crippen LogP contribution is 2.38. The summed E-state index contributed by atoms with van der Waals surface area (Å²) in [5.74, 6) is 0.536. The van der Waals surface area contributed by atoms with Gasteiger partial charge in [-0.3, -0.25) is 4.79 Å². The van der Waals surface area contributed by atoms with Crippen molar-refractivity contribution >= 4 is 34.7 Å². The van der Waals surface area contributed by atoms with Crippen molar-refractivity contribution in [2.45, 2.75) is 23.5 Å². The first-order valence-electron chi connectivity index (χ1n) is 8.03. The molecule has 0 aliphatic carbocycles. The van der Waals surface area contributed by atoms with E-state index in [0.717, 1.165) is 17.0 Å². The molecule has 0 N–H and O–H groups in total. The van der Waals surface area contributed by atoms with Crippen molar-refractivity contribution in [1.82, 2.24) is 15.0 Å². The van der Waals surface area contributed by atoms with Crippen LogP contribution in [0.3, 0.4) is 0 Å².